The molecule has 0 saturated carbocycles. The first-order chi connectivity index (χ1) is 8.17. The lowest BCUT2D eigenvalue weighted by atomic mass is 10.4. The molecule has 2 rings (SSSR count). The Hall–Kier alpha value is -0.790. The molecule has 2 heterocycles. The molecule has 0 aliphatic rings. The Kier molecular flexibility index (Phi) is 3.90. The third-order valence-electron chi connectivity index (χ3n) is 2.41. The fourth-order valence-corrected chi connectivity index (χ4v) is 4.08. The molecule has 0 atom stereocenters. The largest absolute Gasteiger partial charge is 0.360 e. The maximum absolute atomic E-state index is 5.34. The third-order valence-corrected chi connectivity index (χ3v) is 4.99. The highest BCUT2D eigenvalue weighted by molar-refractivity contribution is 7.73. The summed E-state index contributed by atoms with van der Waals surface area (Å²) in [6.07, 6.45) is 0. The van der Waals surface area contributed by atoms with E-state index in [1.54, 1.807) is 22.7 Å². The van der Waals surface area contributed by atoms with Crippen molar-refractivity contribution >= 4 is 40.0 Å². The first-order valence-electron chi connectivity index (χ1n) is 5.45. The summed E-state index contributed by atoms with van der Waals surface area (Å²) in [6, 6.07) is 0. The standard InChI is InChI=1S/C10H14N4S3/c1-4-11-9-13-12-8(17-9)7-6(3)14(5-2)10(15)16-7/h4-5H2,1-3H3,(H,11,13). The van der Waals surface area contributed by atoms with Crippen LogP contribution in [0.15, 0.2) is 0 Å². The Labute approximate surface area is 113 Å². The van der Waals surface area contributed by atoms with Crippen molar-refractivity contribution in [1.82, 2.24) is 14.8 Å². The molecule has 0 aliphatic heterocycles. The molecular formula is C10H14N4S3. The summed E-state index contributed by atoms with van der Waals surface area (Å²) < 4.78 is 3.03. The highest BCUT2D eigenvalue weighted by atomic mass is 32.1. The van der Waals surface area contributed by atoms with Crippen LogP contribution >= 0.6 is 34.9 Å². The molecule has 0 bridgehead atoms. The predicted molar refractivity (Wildman–Crippen MR) is 76.6 cm³/mol. The van der Waals surface area contributed by atoms with Crippen LogP contribution in [-0.2, 0) is 6.54 Å². The van der Waals surface area contributed by atoms with Crippen LogP contribution in [0.1, 0.15) is 19.5 Å². The summed E-state index contributed by atoms with van der Waals surface area (Å²) in [7, 11) is 0. The van der Waals surface area contributed by atoms with Crippen molar-refractivity contribution in [1.29, 1.82) is 0 Å². The zero-order valence-electron chi connectivity index (χ0n) is 9.98. The number of hydrogen-bond donors (Lipinski definition) is 1. The van der Waals surface area contributed by atoms with Crippen LogP contribution in [0, 0.1) is 10.9 Å². The molecular weight excluding hydrogens is 272 g/mol. The normalized spacial score (nSPS) is 10.8. The summed E-state index contributed by atoms with van der Waals surface area (Å²) in [4.78, 5) is 1.14. The molecule has 1 N–H and O–H groups in total. The summed E-state index contributed by atoms with van der Waals surface area (Å²) in [6.45, 7) is 7.99. The number of anilines is 1. The lowest BCUT2D eigenvalue weighted by Crippen LogP contribution is -1.96. The first-order valence-corrected chi connectivity index (χ1v) is 7.49. The van der Waals surface area contributed by atoms with Crippen LogP contribution in [-0.4, -0.2) is 21.3 Å². The van der Waals surface area contributed by atoms with Crippen LogP contribution in [0.3, 0.4) is 0 Å². The van der Waals surface area contributed by atoms with Gasteiger partial charge in [0.15, 0.2) is 8.96 Å². The Balaban J connectivity index is 2.42. The average Bonchev–Trinajstić information content (AvgIpc) is 2.85. The van der Waals surface area contributed by atoms with Gasteiger partial charge in [0, 0.05) is 18.8 Å². The number of nitrogens with one attached hydrogen (secondary N) is 1. The molecule has 0 aromatic carbocycles. The maximum Gasteiger partial charge on any atom is 0.206 e. The van der Waals surface area contributed by atoms with E-state index in [0.717, 1.165) is 32.1 Å². The minimum Gasteiger partial charge on any atom is -0.360 e. The van der Waals surface area contributed by atoms with E-state index in [4.69, 9.17) is 12.2 Å². The van der Waals surface area contributed by atoms with Gasteiger partial charge >= 0.3 is 0 Å². The first kappa shape index (κ1) is 12.7. The Morgan fingerprint density at radius 3 is 2.65 bits per heavy atom. The van der Waals surface area contributed by atoms with E-state index in [9.17, 15) is 0 Å². The smallest absolute Gasteiger partial charge is 0.206 e. The highest BCUT2D eigenvalue weighted by Crippen LogP contribution is 2.33. The van der Waals surface area contributed by atoms with E-state index in [1.165, 1.54) is 5.69 Å². The lowest BCUT2D eigenvalue weighted by Gasteiger charge is -2.00. The quantitative estimate of drug-likeness (QED) is 0.873. The molecule has 7 heteroatoms. The molecule has 0 aliphatic carbocycles. The van der Waals surface area contributed by atoms with Gasteiger partial charge in [-0.2, -0.15) is 0 Å². The molecule has 0 amide bonds. The second-order valence-corrected chi connectivity index (χ2v) is 6.09. The zero-order valence-corrected chi connectivity index (χ0v) is 12.4. The molecule has 17 heavy (non-hydrogen) atoms. The molecule has 2 aromatic heterocycles. The van der Waals surface area contributed by atoms with E-state index in [2.05, 4.69) is 33.9 Å². The molecule has 0 unspecified atom stereocenters. The molecule has 0 saturated heterocycles. The molecule has 0 fully saturated rings. The van der Waals surface area contributed by atoms with E-state index in [-0.39, 0.29) is 0 Å². The Morgan fingerprint density at radius 1 is 1.29 bits per heavy atom. The molecule has 2 aromatic rings. The van der Waals surface area contributed by atoms with E-state index in [0.29, 0.717) is 0 Å². The molecule has 4 nitrogen and oxygen atoms in total. The van der Waals surface area contributed by atoms with Gasteiger partial charge in [0.2, 0.25) is 5.13 Å². The highest BCUT2D eigenvalue weighted by Gasteiger charge is 2.14. The van der Waals surface area contributed by atoms with Crippen molar-refractivity contribution in [2.75, 3.05) is 11.9 Å². The lowest BCUT2D eigenvalue weighted by molar-refractivity contribution is 0.738. The van der Waals surface area contributed by atoms with Crippen molar-refractivity contribution in [2.24, 2.45) is 0 Å². The van der Waals surface area contributed by atoms with Gasteiger partial charge in [0.05, 0.1) is 4.88 Å². The van der Waals surface area contributed by atoms with Crippen LogP contribution < -0.4 is 5.32 Å². The molecule has 0 radical (unpaired) electrons. The van der Waals surface area contributed by atoms with Crippen molar-refractivity contribution in [3.05, 3.63) is 9.65 Å². The van der Waals surface area contributed by atoms with Crippen LogP contribution in [0.25, 0.3) is 9.88 Å². The Bertz CT molecular complexity index is 566. The van der Waals surface area contributed by atoms with Gasteiger partial charge in [0.1, 0.15) is 0 Å². The summed E-state index contributed by atoms with van der Waals surface area (Å²) in [5.41, 5.74) is 1.18. The number of thiazole rings is 1. The van der Waals surface area contributed by atoms with Crippen molar-refractivity contribution in [3.63, 3.8) is 0 Å². The predicted octanol–water partition coefficient (Wildman–Crippen LogP) is 3.56. The minimum absolute atomic E-state index is 0.860. The van der Waals surface area contributed by atoms with Crippen LogP contribution in [0.4, 0.5) is 5.13 Å². The van der Waals surface area contributed by atoms with Crippen molar-refractivity contribution in [3.8, 4) is 9.88 Å². The van der Waals surface area contributed by atoms with E-state index < -0.39 is 0 Å². The second-order valence-electron chi connectivity index (χ2n) is 3.47. The van der Waals surface area contributed by atoms with Gasteiger partial charge in [-0.05, 0) is 33.0 Å². The maximum atomic E-state index is 5.34. The van der Waals surface area contributed by atoms with Crippen molar-refractivity contribution in [2.45, 2.75) is 27.3 Å². The summed E-state index contributed by atoms with van der Waals surface area (Å²) in [5.74, 6) is 0. The van der Waals surface area contributed by atoms with Crippen LogP contribution in [0.2, 0.25) is 0 Å². The Morgan fingerprint density at radius 2 is 2.06 bits per heavy atom. The zero-order chi connectivity index (χ0) is 12.4. The van der Waals surface area contributed by atoms with Gasteiger partial charge in [0.25, 0.3) is 0 Å². The topological polar surface area (TPSA) is 42.7 Å². The third kappa shape index (κ3) is 2.41. The average molecular weight is 286 g/mol. The number of hydrogen-bond acceptors (Lipinski definition) is 6. The summed E-state index contributed by atoms with van der Waals surface area (Å²) in [5, 5.41) is 13.3. The van der Waals surface area contributed by atoms with Gasteiger partial charge in [-0.15, -0.1) is 21.5 Å². The fraction of sp³-hybridized carbons (Fsp3) is 0.500. The fourth-order valence-electron chi connectivity index (χ4n) is 1.58. The minimum atomic E-state index is 0.860. The van der Waals surface area contributed by atoms with Gasteiger partial charge in [-0.3, -0.25) is 0 Å². The van der Waals surface area contributed by atoms with Gasteiger partial charge < -0.3 is 9.88 Å². The van der Waals surface area contributed by atoms with E-state index >= 15 is 0 Å². The van der Waals surface area contributed by atoms with Crippen LogP contribution in [0.5, 0.6) is 0 Å². The second kappa shape index (κ2) is 5.24. The SMILES string of the molecule is CCNc1nnc(-c2sc(=S)n(CC)c2C)s1. The number of nitrogens with zero attached hydrogens (tertiary/aromatic N) is 3. The van der Waals surface area contributed by atoms with Gasteiger partial charge in [-0.25, -0.2) is 0 Å². The van der Waals surface area contributed by atoms with Gasteiger partial charge in [-0.1, -0.05) is 11.3 Å². The van der Waals surface area contributed by atoms with Crippen molar-refractivity contribution < 1.29 is 0 Å². The summed E-state index contributed by atoms with van der Waals surface area (Å²) >= 11 is 8.52. The number of aromatic nitrogens is 3. The molecule has 0 spiro atoms. The van der Waals surface area contributed by atoms with E-state index in [1.807, 2.05) is 6.92 Å². The monoisotopic (exact) mass is 286 g/mol. The molecule has 92 valence electrons. The number of rotatable bonds is 4.